The fourth-order valence-electron chi connectivity index (χ4n) is 2.31. The van der Waals surface area contributed by atoms with Crippen LogP contribution in [-0.2, 0) is 6.61 Å². The fourth-order valence-corrected chi connectivity index (χ4v) is 2.67. The van der Waals surface area contributed by atoms with Crippen molar-refractivity contribution in [3.8, 4) is 11.5 Å². The van der Waals surface area contributed by atoms with Crippen molar-refractivity contribution in [3.05, 3.63) is 94.0 Å². The molecule has 0 aromatic heterocycles. The number of rotatable bonds is 6. The van der Waals surface area contributed by atoms with Gasteiger partial charge in [-0.3, -0.25) is 4.79 Å². The lowest BCUT2D eigenvalue weighted by Crippen LogP contribution is -2.17. The number of aromatic hydroxyl groups is 1. The Labute approximate surface area is 165 Å². The second-order valence-corrected chi connectivity index (χ2v) is 6.62. The number of hydrogen-bond donors (Lipinski definition) is 2. The predicted molar refractivity (Wildman–Crippen MR) is 108 cm³/mol. The van der Waals surface area contributed by atoms with Crippen LogP contribution in [0.4, 0.5) is 0 Å². The van der Waals surface area contributed by atoms with Crippen LogP contribution in [0.25, 0.3) is 0 Å². The minimum absolute atomic E-state index is 0.106. The Hall–Kier alpha value is -3.12. The lowest BCUT2D eigenvalue weighted by Gasteiger charge is -2.06. The van der Waals surface area contributed by atoms with Crippen molar-refractivity contribution in [2.45, 2.75) is 6.61 Å². The molecular weight excluding hydrogens is 408 g/mol. The number of hydrazone groups is 1. The summed E-state index contributed by atoms with van der Waals surface area (Å²) in [5.74, 6) is 0.151. The van der Waals surface area contributed by atoms with E-state index in [1.165, 1.54) is 18.3 Å². The zero-order valence-electron chi connectivity index (χ0n) is 14.3. The maximum atomic E-state index is 12.1. The van der Waals surface area contributed by atoms with Crippen molar-refractivity contribution in [1.29, 1.82) is 0 Å². The molecule has 0 aliphatic heterocycles. The molecule has 136 valence electrons. The first-order valence-electron chi connectivity index (χ1n) is 8.20. The Bertz CT molecular complexity index is 941. The molecule has 0 radical (unpaired) electrons. The summed E-state index contributed by atoms with van der Waals surface area (Å²) in [6.45, 7) is 0.500. The highest BCUT2D eigenvalue weighted by Gasteiger charge is 2.10. The van der Waals surface area contributed by atoms with E-state index in [0.717, 1.165) is 16.9 Å². The van der Waals surface area contributed by atoms with Gasteiger partial charge in [0.05, 0.1) is 11.8 Å². The van der Waals surface area contributed by atoms with E-state index in [2.05, 4.69) is 26.5 Å². The second-order valence-electron chi connectivity index (χ2n) is 5.70. The van der Waals surface area contributed by atoms with E-state index < -0.39 is 5.91 Å². The first-order chi connectivity index (χ1) is 13.1. The van der Waals surface area contributed by atoms with E-state index in [-0.39, 0.29) is 11.3 Å². The predicted octanol–water partition coefficient (Wildman–Crippen LogP) is 4.50. The van der Waals surface area contributed by atoms with Crippen molar-refractivity contribution in [2.75, 3.05) is 0 Å². The van der Waals surface area contributed by atoms with Crippen LogP contribution < -0.4 is 10.2 Å². The average Bonchev–Trinajstić information content (AvgIpc) is 2.70. The van der Waals surface area contributed by atoms with E-state index in [1.807, 2.05) is 54.6 Å². The number of hydrogen-bond acceptors (Lipinski definition) is 4. The van der Waals surface area contributed by atoms with Crippen LogP contribution in [-0.4, -0.2) is 17.2 Å². The van der Waals surface area contributed by atoms with Crippen molar-refractivity contribution in [3.63, 3.8) is 0 Å². The van der Waals surface area contributed by atoms with Gasteiger partial charge in [-0.1, -0.05) is 46.3 Å². The van der Waals surface area contributed by atoms with Crippen molar-refractivity contribution in [1.82, 2.24) is 5.43 Å². The largest absolute Gasteiger partial charge is 0.507 e. The van der Waals surface area contributed by atoms with Crippen molar-refractivity contribution < 1.29 is 14.6 Å². The number of carbonyl (C=O) groups is 1. The third-order valence-corrected chi connectivity index (χ3v) is 4.20. The van der Waals surface area contributed by atoms with E-state index in [9.17, 15) is 9.90 Å². The van der Waals surface area contributed by atoms with E-state index in [4.69, 9.17) is 4.74 Å². The molecule has 27 heavy (non-hydrogen) atoms. The maximum absolute atomic E-state index is 12.1. The summed E-state index contributed by atoms with van der Waals surface area (Å²) < 4.78 is 6.42. The molecule has 0 aliphatic carbocycles. The van der Waals surface area contributed by atoms with Gasteiger partial charge < -0.3 is 9.84 Å². The number of phenols is 1. The number of halogens is 1. The minimum Gasteiger partial charge on any atom is -0.507 e. The molecule has 0 atom stereocenters. The summed E-state index contributed by atoms with van der Waals surface area (Å²) in [5.41, 5.74) is 4.44. The summed E-state index contributed by atoms with van der Waals surface area (Å²) in [4.78, 5) is 12.1. The van der Waals surface area contributed by atoms with Crippen molar-refractivity contribution >= 4 is 28.1 Å². The van der Waals surface area contributed by atoms with Crippen LogP contribution >= 0.6 is 15.9 Å². The van der Waals surface area contributed by atoms with Gasteiger partial charge in [-0.05, 0) is 53.6 Å². The Kier molecular flexibility index (Phi) is 6.22. The maximum Gasteiger partial charge on any atom is 0.275 e. The summed E-state index contributed by atoms with van der Waals surface area (Å²) in [5, 5.41) is 13.7. The Morgan fingerprint density at radius 3 is 2.56 bits per heavy atom. The Morgan fingerprint density at radius 1 is 1.07 bits per heavy atom. The Balaban J connectivity index is 1.54. The zero-order valence-corrected chi connectivity index (χ0v) is 15.9. The topological polar surface area (TPSA) is 70.9 Å². The van der Waals surface area contributed by atoms with Crippen LogP contribution in [0.2, 0.25) is 0 Å². The molecule has 5 nitrogen and oxygen atoms in total. The third-order valence-electron chi connectivity index (χ3n) is 3.71. The molecule has 3 rings (SSSR count). The molecule has 3 aromatic carbocycles. The van der Waals surface area contributed by atoms with Gasteiger partial charge in [-0.2, -0.15) is 5.10 Å². The fraction of sp³-hybridized carbons (Fsp3) is 0.0476. The van der Waals surface area contributed by atoms with E-state index in [1.54, 1.807) is 6.07 Å². The van der Waals surface area contributed by atoms with Crippen molar-refractivity contribution in [2.24, 2.45) is 5.10 Å². The number of ether oxygens (including phenoxy) is 1. The van der Waals surface area contributed by atoms with Crippen LogP contribution in [0.5, 0.6) is 11.5 Å². The quantitative estimate of drug-likeness (QED) is 0.452. The molecule has 0 saturated carbocycles. The monoisotopic (exact) mass is 424 g/mol. The molecule has 3 aromatic rings. The second kappa shape index (κ2) is 9.00. The van der Waals surface area contributed by atoms with Gasteiger partial charge in [-0.25, -0.2) is 5.43 Å². The first-order valence-corrected chi connectivity index (χ1v) is 9.00. The van der Waals surface area contributed by atoms with Crippen LogP contribution in [0.1, 0.15) is 21.5 Å². The molecule has 0 heterocycles. The highest BCUT2D eigenvalue weighted by atomic mass is 79.9. The lowest BCUT2D eigenvalue weighted by atomic mass is 10.2. The molecule has 0 saturated heterocycles. The zero-order chi connectivity index (χ0) is 19.1. The number of nitrogens with zero attached hydrogens (tertiary/aromatic N) is 1. The first kappa shape index (κ1) is 18.7. The number of benzene rings is 3. The summed E-state index contributed by atoms with van der Waals surface area (Å²) >= 11 is 3.26. The normalized spacial score (nSPS) is 10.7. The van der Waals surface area contributed by atoms with Gasteiger partial charge in [0.25, 0.3) is 5.91 Å². The SMILES string of the molecule is O=C(NN=Cc1ccc(OCc2ccccc2)cc1)c1cc(Br)ccc1O. The number of amides is 1. The summed E-state index contributed by atoms with van der Waals surface area (Å²) in [7, 11) is 0. The minimum atomic E-state index is -0.493. The Morgan fingerprint density at radius 2 is 1.81 bits per heavy atom. The number of nitrogens with one attached hydrogen (secondary N) is 1. The molecule has 0 unspecified atom stereocenters. The van der Waals surface area contributed by atoms with Gasteiger partial charge in [0.2, 0.25) is 0 Å². The molecule has 2 N–H and O–H groups in total. The standard InChI is InChI=1S/C21H17BrN2O3/c22-17-8-11-20(25)19(12-17)21(26)24-23-13-15-6-9-18(10-7-15)27-14-16-4-2-1-3-5-16/h1-13,25H,14H2,(H,24,26). The summed E-state index contributed by atoms with van der Waals surface area (Å²) in [6.07, 6.45) is 1.52. The van der Waals surface area contributed by atoms with Gasteiger partial charge in [0, 0.05) is 4.47 Å². The van der Waals surface area contributed by atoms with Crippen LogP contribution in [0, 0.1) is 0 Å². The average molecular weight is 425 g/mol. The lowest BCUT2D eigenvalue weighted by molar-refractivity contribution is 0.0952. The van der Waals surface area contributed by atoms with Crippen LogP contribution in [0.15, 0.2) is 82.4 Å². The smallest absolute Gasteiger partial charge is 0.275 e. The molecular formula is C21H17BrN2O3. The number of carbonyl (C=O) groups excluding carboxylic acids is 1. The highest BCUT2D eigenvalue weighted by molar-refractivity contribution is 9.10. The molecule has 0 aliphatic rings. The van der Waals surface area contributed by atoms with E-state index in [0.29, 0.717) is 11.1 Å². The molecule has 0 fully saturated rings. The van der Waals surface area contributed by atoms with Gasteiger partial charge in [0.15, 0.2) is 0 Å². The number of phenolic OH excluding ortho intramolecular Hbond substituents is 1. The molecule has 0 bridgehead atoms. The van der Waals surface area contributed by atoms with E-state index >= 15 is 0 Å². The van der Waals surface area contributed by atoms with Gasteiger partial charge in [0.1, 0.15) is 18.1 Å². The van der Waals surface area contributed by atoms with Gasteiger partial charge >= 0.3 is 0 Å². The summed E-state index contributed by atoms with van der Waals surface area (Å²) in [6, 6.07) is 21.9. The molecule has 1 amide bonds. The van der Waals surface area contributed by atoms with Gasteiger partial charge in [-0.15, -0.1) is 0 Å². The third kappa shape index (κ3) is 5.43. The van der Waals surface area contributed by atoms with Crippen LogP contribution in [0.3, 0.4) is 0 Å². The molecule has 0 spiro atoms. The highest BCUT2D eigenvalue weighted by Crippen LogP contribution is 2.21. The molecule has 6 heteroatoms.